The molecule has 0 radical (unpaired) electrons. The summed E-state index contributed by atoms with van der Waals surface area (Å²) >= 11 is 1.51. The first-order valence-corrected chi connectivity index (χ1v) is 10.6. The zero-order valence-corrected chi connectivity index (χ0v) is 17.4. The van der Waals surface area contributed by atoms with Crippen LogP contribution in [0.4, 0.5) is 9.52 Å². The number of benzene rings is 2. The molecule has 0 bridgehead atoms. The number of hydrogen-bond acceptors (Lipinski definition) is 4. The van der Waals surface area contributed by atoms with Crippen molar-refractivity contribution in [3.05, 3.63) is 59.4 Å². The van der Waals surface area contributed by atoms with E-state index in [4.69, 9.17) is 4.98 Å². The molecule has 0 aliphatic heterocycles. The Labute approximate surface area is 169 Å². The Kier molecular flexibility index (Phi) is 6.75. The van der Waals surface area contributed by atoms with E-state index in [9.17, 15) is 9.18 Å². The van der Waals surface area contributed by atoms with E-state index in [0.717, 1.165) is 36.3 Å². The fraction of sp³-hybridized carbons (Fsp3) is 0.364. The van der Waals surface area contributed by atoms with Crippen molar-refractivity contribution in [2.24, 2.45) is 0 Å². The Balaban J connectivity index is 1.96. The number of aryl methyl sites for hydroxylation is 1. The largest absolute Gasteiger partial charge is 0.302 e. The molecule has 6 heteroatoms. The van der Waals surface area contributed by atoms with Gasteiger partial charge in [-0.05, 0) is 55.4 Å². The van der Waals surface area contributed by atoms with Crippen molar-refractivity contribution in [1.82, 2.24) is 9.88 Å². The molecule has 28 heavy (non-hydrogen) atoms. The zero-order chi connectivity index (χ0) is 20.1. The fourth-order valence-corrected chi connectivity index (χ4v) is 4.19. The monoisotopic (exact) mass is 399 g/mol. The summed E-state index contributed by atoms with van der Waals surface area (Å²) in [7, 11) is 0. The third kappa shape index (κ3) is 4.56. The minimum atomic E-state index is -0.411. The van der Waals surface area contributed by atoms with Crippen LogP contribution in [0.1, 0.15) is 36.7 Å². The van der Waals surface area contributed by atoms with Crippen molar-refractivity contribution in [3.8, 4) is 0 Å². The van der Waals surface area contributed by atoms with Gasteiger partial charge in [0.2, 0.25) is 0 Å². The molecule has 3 rings (SSSR count). The summed E-state index contributed by atoms with van der Waals surface area (Å²) < 4.78 is 14.7. The second-order valence-corrected chi connectivity index (χ2v) is 7.66. The summed E-state index contributed by atoms with van der Waals surface area (Å²) in [4.78, 5) is 21.8. The molecule has 0 saturated carbocycles. The van der Waals surface area contributed by atoms with Crippen molar-refractivity contribution >= 4 is 32.6 Å². The number of hydrogen-bond donors (Lipinski definition) is 0. The summed E-state index contributed by atoms with van der Waals surface area (Å²) in [5, 5.41) is 0.657. The van der Waals surface area contributed by atoms with Crippen LogP contribution in [0, 0.1) is 5.82 Å². The minimum absolute atomic E-state index is 0.221. The predicted molar refractivity (Wildman–Crippen MR) is 115 cm³/mol. The number of amides is 1. The molecule has 1 aromatic heterocycles. The standard InChI is InChI=1S/C22H26FN3OS/c1-4-16-10-11-19-20(14-16)28-22(24-19)26(13-12-25(5-2)6-3)21(27)17-8-7-9-18(23)15-17/h7-11,14-15H,4-6,12-13H2,1-3H3. The molecule has 0 aliphatic rings. The lowest BCUT2D eigenvalue weighted by atomic mass is 10.2. The van der Waals surface area contributed by atoms with E-state index in [1.54, 1.807) is 17.0 Å². The highest BCUT2D eigenvalue weighted by atomic mass is 32.1. The Morgan fingerprint density at radius 3 is 2.54 bits per heavy atom. The average Bonchev–Trinajstić information content (AvgIpc) is 3.13. The molecule has 1 heterocycles. The van der Waals surface area contributed by atoms with Gasteiger partial charge in [0.05, 0.1) is 10.2 Å². The van der Waals surface area contributed by atoms with Gasteiger partial charge in [0.15, 0.2) is 5.13 Å². The molecule has 1 amide bonds. The molecule has 0 spiro atoms. The number of halogens is 1. The van der Waals surface area contributed by atoms with Gasteiger partial charge in [0.25, 0.3) is 5.91 Å². The molecule has 148 valence electrons. The molecule has 3 aromatic rings. The van der Waals surface area contributed by atoms with Crippen LogP contribution >= 0.6 is 11.3 Å². The summed E-state index contributed by atoms with van der Waals surface area (Å²) in [6, 6.07) is 12.1. The van der Waals surface area contributed by atoms with Crippen LogP contribution in [0.25, 0.3) is 10.2 Å². The Hall–Kier alpha value is -2.31. The molecule has 0 N–H and O–H groups in total. The Bertz CT molecular complexity index is 952. The SMILES string of the molecule is CCc1ccc2nc(N(CCN(CC)CC)C(=O)c3cccc(F)c3)sc2c1. The molecule has 0 unspecified atom stereocenters. The molecule has 0 fully saturated rings. The van der Waals surface area contributed by atoms with E-state index in [2.05, 4.69) is 37.8 Å². The summed E-state index contributed by atoms with van der Waals surface area (Å²) in [6.07, 6.45) is 0.955. The molecular formula is C22H26FN3OS. The van der Waals surface area contributed by atoms with Gasteiger partial charge in [-0.2, -0.15) is 0 Å². The number of carbonyl (C=O) groups is 1. The smallest absolute Gasteiger partial charge is 0.260 e. The van der Waals surface area contributed by atoms with E-state index < -0.39 is 5.82 Å². The fourth-order valence-electron chi connectivity index (χ4n) is 3.13. The molecule has 0 atom stereocenters. The average molecular weight is 400 g/mol. The number of fused-ring (bicyclic) bond motifs is 1. The van der Waals surface area contributed by atoms with Crippen LogP contribution in [0.15, 0.2) is 42.5 Å². The van der Waals surface area contributed by atoms with Crippen LogP contribution in [-0.2, 0) is 6.42 Å². The number of likely N-dealkylation sites (N-methyl/N-ethyl adjacent to an activating group) is 1. The highest BCUT2D eigenvalue weighted by Crippen LogP contribution is 2.30. The van der Waals surface area contributed by atoms with Crippen molar-refractivity contribution in [1.29, 1.82) is 0 Å². The Morgan fingerprint density at radius 2 is 1.86 bits per heavy atom. The molecule has 4 nitrogen and oxygen atoms in total. The highest BCUT2D eigenvalue weighted by Gasteiger charge is 2.22. The number of nitrogens with zero attached hydrogens (tertiary/aromatic N) is 3. The van der Waals surface area contributed by atoms with Crippen molar-refractivity contribution < 1.29 is 9.18 Å². The van der Waals surface area contributed by atoms with Crippen molar-refractivity contribution in [2.75, 3.05) is 31.1 Å². The predicted octanol–water partition coefficient (Wildman–Crippen LogP) is 4.99. The zero-order valence-electron chi connectivity index (χ0n) is 16.6. The van der Waals surface area contributed by atoms with Gasteiger partial charge < -0.3 is 4.90 Å². The van der Waals surface area contributed by atoms with Gasteiger partial charge in [-0.1, -0.05) is 44.2 Å². The molecule has 0 aliphatic carbocycles. The maximum atomic E-state index is 13.7. The van der Waals surface area contributed by atoms with Gasteiger partial charge in [-0.25, -0.2) is 9.37 Å². The van der Waals surface area contributed by atoms with Crippen LogP contribution in [0.5, 0.6) is 0 Å². The van der Waals surface area contributed by atoms with E-state index >= 15 is 0 Å². The van der Waals surface area contributed by atoms with Crippen LogP contribution < -0.4 is 4.90 Å². The number of rotatable bonds is 8. The van der Waals surface area contributed by atoms with Crippen LogP contribution in [0.3, 0.4) is 0 Å². The molecular weight excluding hydrogens is 373 g/mol. The second-order valence-electron chi connectivity index (χ2n) is 6.65. The van der Waals surface area contributed by atoms with Gasteiger partial charge in [-0.15, -0.1) is 0 Å². The van der Waals surface area contributed by atoms with Crippen LogP contribution in [0.2, 0.25) is 0 Å². The van der Waals surface area contributed by atoms with Crippen molar-refractivity contribution in [2.45, 2.75) is 27.2 Å². The number of thiazole rings is 1. The second kappa shape index (κ2) is 9.26. The van der Waals surface area contributed by atoms with E-state index in [1.165, 1.54) is 29.0 Å². The highest BCUT2D eigenvalue weighted by molar-refractivity contribution is 7.22. The first-order chi connectivity index (χ1) is 13.5. The van der Waals surface area contributed by atoms with Gasteiger partial charge in [0, 0.05) is 18.7 Å². The van der Waals surface area contributed by atoms with Crippen LogP contribution in [-0.4, -0.2) is 42.0 Å². The Morgan fingerprint density at radius 1 is 1.07 bits per heavy atom. The third-order valence-electron chi connectivity index (χ3n) is 4.93. The molecule has 2 aromatic carbocycles. The third-order valence-corrected chi connectivity index (χ3v) is 5.97. The lowest BCUT2D eigenvalue weighted by Gasteiger charge is -2.24. The normalized spacial score (nSPS) is 11.3. The summed E-state index contributed by atoms with van der Waals surface area (Å²) in [6.45, 7) is 9.41. The topological polar surface area (TPSA) is 36.4 Å². The van der Waals surface area contributed by atoms with E-state index in [-0.39, 0.29) is 5.91 Å². The lowest BCUT2D eigenvalue weighted by molar-refractivity contribution is 0.0983. The van der Waals surface area contributed by atoms with E-state index in [1.807, 2.05) is 6.07 Å². The summed E-state index contributed by atoms with van der Waals surface area (Å²) in [5.41, 5.74) is 2.47. The maximum Gasteiger partial charge on any atom is 0.260 e. The maximum absolute atomic E-state index is 13.7. The van der Waals surface area contributed by atoms with Gasteiger partial charge >= 0.3 is 0 Å². The van der Waals surface area contributed by atoms with Gasteiger partial charge in [0.1, 0.15) is 5.82 Å². The first kappa shape index (κ1) is 20.4. The number of carbonyl (C=O) groups excluding carboxylic acids is 1. The lowest BCUT2D eigenvalue weighted by Crippen LogP contribution is -2.38. The number of aromatic nitrogens is 1. The van der Waals surface area contributed by atoms with Crippen molar-refractivity contribution in [3.63, 3.8) is 0 Å². The number of anilines is 1. The van der Waals surface area contributed by atoms with E-state index in [0.29, 0.717) is 17.2 Å². The first-order valence-electron chi connectivity index (χ1n) is 9.74. The van der Waals surface area contributed by atoms with Gasteiger partial charge in [-0.3, -0.25) is 9.69 Å². The molecule has 0 saturated heterocycles. The minimum Gasteiger partial charge on any atom is -0.302 e. The quantitative estimate of drug-likeness (QED) is 0.536. The summed E-state index contributed by atoms with van der Waals surface area (Å²) in [5.74, 6) is -0.632.